The Kier molecular flexibility index (Phi) is 47.6. The van der Waals surface area contributed by atoms with Crippen molar-refractivity contribution < 1.29 is 49.7 Å². The summed E-state index contributed by atoms with van der Waals surface area (Å²) in [5.41, 5.74) is 10.9. The molecule has 7 N–H and O–H groups in total. The highest BCUT2D eigenvalue weighted by atomic mass is 79.9. The molecule has 132 heavy (non-hydrogen) atoms. The van der Waals surface area contributed by atoms with E-state index in [1.807, 2.05) is 152 Å². The number of ether oxygens (including phenoxy) is 4. The minimum absolute atomic E-state index is 0. The number of halogens is 9. The summed E-state index contributed by atoms with van der Waals surface area (Å²) in [4.78, 5) is 30.5. The third-order valence-corrected chi connectivity index (χ3v) is 24.3. The first-order valence-electron chi connectivity index (χ1n) is 45.1. The molecule has 0 aliphatic carbocycles. The average molecular weight is 1920 g/mol. The molecular weight excluding hydrogens is 1780 g/mol. The molecule has 0 radical (unpaired) electrons. The lowest BCUT2D eigenvalue weighted by atomic mass is 10.1. The van der Waals surface area contributed by atoms with Crippen molar-refractivity contribution in [1.82, 2.24) is 34.3 Å². The predicted molar refractivity (Wildman–Crippen MR) is 534 cm³/mol. The van der Waals surface area contributed by atoms with Crippen LogP contribution in [0.15, 0.2) is 162 Å². The third kappa shape index (κ3) is 36.2. The van der Waals surface area contributed by atoms with E-state index in [9.17, 15) is 30.7 Å². The molecule has 0 aromatic heterocycles. The molecule has 0 unspecified atom stereocenters. The highest BCUT2D eigenvalue weighted by Crippen LogP contribution is 2.33. The fraction of sp³-hybridized carbons (Fsp3) is 0.500. The maximum atomic E-state index is 12.8. The first kappa shape index (κ1) is 108. The Morgan fingerprint density at radius 3 is 0.917 bits per heavy atom. The standard InChI is InChI=1S/C15H22FN3O.C15H22FN3.C14H19BrFN3O.C14H19ClFN3O.C14H20FN3O.C13H18FN3.C12H16FN3.CH4/c1-13(17)18-7-9-19(10-8-18)15-4-2-14(3-5-15)12-20-11-6-16;1-13(17)18-9-11-19(12-10-18)15-6-4-14(5-7-15)3-2-8-16;2*1-11(17)18-5-7-19(8-6-18)12-2-3-14(13(15)10-12)20-9-4-16;1-12(16)17-7-9-18(10-8-17)13-2-4-14(5-3-13)19-11-6-15;1-11(15)16-5-7-17(8-6-16)13-4-2-3-12(9-13)10-14;1-10(14)15-6-8-16(9-7-15)12-4-2-11(13)3-5-12;/h2-5,17H,6-12H2,1H3;4-7,17H,2-3,8-12H2,1H3;2*2-3,10,17H,4-9H2,1H3;2-5,16H,6-11H2,1H3;2-4,9,15H,5-8,10H2,1H3;2-5,14H,6-9H2,1H3;1H4. The Labute approximate surface area is 791 Å². The Bertz CT molecular complexity index is 4410. The first-order chi connectivity index (χ1) is 63.2. The largest absolute Gasteiger partial charge is 0.491 e. The molecule has 7 aliphatic heterocycles. The number of aryl methyl sites for hydroxylation is 1. The summed E-state index contributed by atoms with van der Waals surface area (Å²) in [7, 11) is 0. The molecule has 0 bridgehead atoms. The molecule has 7 aliphatic rings. The number of anilines is 7. The van der Waals surface area contributed by atoms with Gasteiger partial charge in [-0.05, 0) is 215 Å². The topological polar surface area (TPSA) is 249 Å². The zero-order valence-corrected chi connectivity index (χ0v) is 79.6. The van der Waals surface area contributed by atoms with Crippen LogP contribution in [-0.4, -0.2) is 318 Å². The van der Waals surface area contributed by atoms with Crippen molar-refractivity contribution in [2.24, 2.45) is 0 Å². The molecule has 25 nitrogen and oxygen atoms in total. The number of nitrogens with one attached hydrogen (secondary N) is 7. The summed E-state index contributed by atoms with van der Waals surface area (Å²) in [5.74, 6) is 6.11. The molecule has 7 heterocycles. The van der Waals surface area contributed by atoms with Gasteiger partial charge in [-0.3, -0.25) is 42.3 Å². The van der Waals surface area contributed by atoms with Gasteiger partial charge in [-0.15, -0.1) is 0 Å². The number of piperazine rings is 7. The lowest BCUT2D eigenvalue weighted by Gasteiger charge is -2.36. The van der Waals surface area contributed by atoms with Crippen molar-refractivity contribution in [3.63, 3.8) is 0 Å². The summed E-state index contributed by atoms with van der Waals surface area (Å²) in [6, 6.07) is 50.1. The molecule has 0 amide bonds. The van der Waals surface area contributed by atoms with Gasteiger partial charge in [0.05, 0.1) is 70.2 Å². The molecule has 34 heteroatoms. The van der Waals surface area contributed by atoms with Crippen molar-refractivity contribution in [3.05, 3.63) is 190 Å². The van der Waals surface area contributed by atoms with E-state index in [-0.39, 0.29) is 46.3 Å². The van der Waals surface area contributed by atoms with Crippen molar-refractivity contribution in [2.45, 2.75) is 82.0 Å². The zero-order chi connectivity index (χ0) is 94.6. The van der Waals surface area contributed by atoms with E-state index in [1.165, 1.54) is 29.1 Å². The van der Waals surface area contributed by atoms with Crippen LogP contribution in [0.5, 0.6) is 17.2 Å². The lowest BCUT2D eigenvalue weighted by molar-refractivity contribution is 0.106. The molecule has 7 fully saturated rings. The highest BCUT2D eigenvalue weighted by molar-refractivity contribution is 9.10. The van der Waals surface area contributed by atoms with Gasteiger partial charge in [0.15, 0.2) is 0 Å². The van der Waals surface area contributed by atoms with Gasteiger partial charge in [-0.2, -0.15) is 0 Å². The Balaban J connectivity index is 0.000000210. The second-order valence-corrected chi connectivity index (χ2v) is 33.7. The van der Waals surface area contributed by atoms with Crippen molar-refractivity contribution in [1.29, 1.82) is 37.9 Å². The highest BCUT2D eigenvalue weighted by Gasteiger charge is 2.25. The zero-order valence-electron chi connectivity index (χ0n) is 77.3. The number of rotatable bonds is 24. The predicted octanol–water partition coefficient (Wildman–Crippen LogP) is 17.7. The van der Waals surface area contributed by atoms with Crippen LogP contribution in [-0.2, 0) is 24.4 Å². The van der Waals surface area contributed by atoms with Gasteiger partial charge in [-0.25, -0.2) is 26.3 Å². The van der Waals surface area contributed by atoms with Crippen LogP contribution in [0.2, 0.25) is 5.02 Å². The van der Waals surface area contributed by atoms with Crippen LogP contribution in [0.1, 0.15) is 79.0 Å². The number of nitrogens with zero attached hydrogens (tertiary/aromatic N) is 14. The van der Waals surface area contributed by atoms with E-state index in [0.717, 1.165) is 234 Å². The van der Waals surface area contributed by atoms with Crippen LogP contribution in [0.25, 0.3) is 0 Å². The Morgan fingerprint density at radius 1 is 0.311 bits per heavy atom. The third-order valence-electron chi connectivity index (χ3n) is 23.4. The van der Waals surface area contributed by atoms with Crippen molar-refractivity contribution >= 4 is 108 Å². The van der Waals surface area contributed by atoms with Gasteiger partial charge >= 0.3 is 0 Å². The summed E-state index contributed by atoms with van der Waals surface area (Å²) in [5, 5.41) is 53.8. The van der Waals surface area contributed by atoms with E-state index in [2.05, 4.69) is 121 Å². The molecule has 0 spiro atoms. The molecule has 0 atom stereocenters. The molecule has 0 saturated carbocycles. The number of benzene rings is 7. The molecule has 7 saturated heterocycles. The van der Waals surface area contributed by atoms with E-state index >= 15 is 0 Å². The quantitative estimate of drug-likeness (QED) is 0.0129. The molecular formula is C98H140BrClF7N21O4. The smallest absolute Gasteiger partial charge is 0.138 e. The van der Waals surface area contributed by atoms with Crippen LogP contribution >= 0.6 is 27.5 Å². The normalized spacial score (nSPS) is 15.5. The van der Waals surface area contributed by atoms with Crippen LogP contribution < -0.4 is 48.5 Å². The van der Waals surface area contributed by atoms with Gasteiger partial charge in [0, 0.05) is 223 Å². The fourth-order valence-electron chi connectivity index (χ4n) is 15.6. The van der Waals surface area contributed by atoms with Crippen molar-refractivity contribution in [3.8, 4) is 17.2 Å². The molecule has 724 valence electrons. The van der Waals surface area contributed by atoms with Gasteiger partial charge < -0.3 is 87.5 Å². The lowest BCUT2D eigenvalue weighted by Crippen LogP contribution is -2.47. The number of hydrogen-bond acceptors (Lipinski definition) is 18. The maximum Gasteiger partial charge on any atom is 0.138 e. The molecule has 7 aromatic carbocycles. The minimum Gasteiger partial charge on any atom is -0.491 e. The van der Waals surface area contributed by atoms with Gasteiger partial charge in [-0.1, -0.05) is 55.4 Å². The van der Waals surface area contributed by atoms with Crippen LogP contribution in [0, 0.1) is 43.7 Å². The second-order valence-electron chi connectivity index (χ2n) is 32.4. The van der Waals surface area contributed by atoms with Crippen LogP contribution in [0.3, 0.4) is 0 Å². The van der Waals surface area contributed by atoms with Gasteiger partial charge in [0.1, 0.15) is 76.3 Å². The Hall–Kier alpha value is -10.9. The summed E-state index contributed by atoms with van der Waals surface area (Å²) >= 11 is 9.61. The van der Waals surface area contributed by atoms with Gasteiger partial charge in [0.25, 0.3) is 0 Å². The SMILES string of the molecule is C.CC(=N)N1CCN(c2ccc(CCCF)cc2)CC1.CC(=N)N1CCN(c2ccc(COCCF)cc2)CC1.CC(=N)N1CCN(c2ccc(F)cc2)CC1.CC(=N)N1CCN(c2ccc(OCCF)c(Br)c2)CC1.CC(=N)N1CCN(c2ccc(OCCF)c(Cl)c2)CC1.CC(=N)N1CCN(c2ccc(OCCF)cc2)CC1.CC(=N)N1CCN(c2cccc(CF)c2)CC1. The molecule has 14 rings (SSSR count). The van der Waals surface area contributed by atoms with Gasteiger partial charge in [0.2, 0.25) is 0 Å². The Morgan fingerprint density at radius 2 is 0.598 bits per heavy atom. The molecule has 7 aromatic rings. The summed E-state index contributed by atoms with van der Waals surface area (Å²) < 4.78 is 107. The number of amidine groups is 7. The summed E-state index contributed by atoms with van der Waals surface area (Å²) in [6.07, 6.45) is 1.42. The maximum absolute atomic E-state index is 12.8. The second kappa shape index (κ2) is 58.2. The first-order valence-corrected chi connectivity index (χ1v) is 46.3. The van der Waals surface area contributed by atoms with E-state index in [0.29, 0.717) is 76.1 Å². The van der Waals surface area contributed by atoms with E-state index in [1.54, 1.807) is 6.07 Å². The average Bonchev–Trinajstić information content (AvgIpc) is 0.833. The van der Waals surface area contributed by atoms with Crippen LogP contribution in [0.4, 0.5) is 70.5 Å². The van der Waals surface area contributed by atoms with E-state index in [4.69, 9.17) is 68.4 Å². The van der Waals surface area contributed by atoms with E-state index < -0.39 is 33.4 Å². The van der Waals surface area contributed by atoms with Crippen molar-refractivity contribution in [2.75, 3.05) is 277 Å². The number of hydrogen-bond donors (Lipinski definition) is 7. The number of alkyl halides is 6. The monoisotopic (exact) mass is 1920 g/mol. The minimum atomic E-state index is -0.525. The fourth-order valence-corrected chi connectivity index (χ4v) is 16.3. The summed E-state index contributed by atoms with van der Waals surface area (Å²) in [6.45, 7) is 36.0.